The molecule has 0 aliphatic carbocycles. The highest BCUT2D eigenvalue weighted by atomic mass is 19.4. The van der Waals surface area contributed by atoms with Gasteiger partial charge >= 0.3 is 6.18 Å². The molecular weight excluding hydrogens is 205 g/mol. The van der Waals surface area contributed by atoms with Crippen LogP contribution in [0.1, 0.15) is 26.7 Å². The predicted molar refractivity (Wildman–Crippen MR) is 53.5 cm³/mol. The van der Waals surface area contributed by atoms with Gasteiger partial charge in [0, 0.05) is 31.6 Å². The van der Waals surface area contributed by atoms with Crippen molar-refractivity contribution in [3.63, 3.8) is 0 Å². The lowest BCUT2D eigenvalue weighted by Gasteiger charge is -2.38. The van der Waals surface area contributed by atoms with Gasteiger partial charge in [-0.15, -0.1) is 0 Å². The van der Waals surface area contributed by atoms with Gasteiger partial charge in [-0.3, -0.25) is 4.90 Å². The number of rotatable bonds is 2. The first-order valence-corrected chi connectivity index (χ1v) is 5.34. The normalized spacial score (nSPS) is 29.8. The summed E-state index contributed by atoms with van der Waals surface area (Å²) < 4.78 is 36.7. The zero-order valence-electron chi connectivity index (χ0n) is 9.22. The van der Waals surface area contributed by atoms with E-state index in [-0.39, 0.29) is 18.0 Å². The van der Waals surface area contributed by atoms with Gasteiger partial charge in [0.2, 0.25) is 0 Å². The molecule has 2 atom stereocenters. The van der Waals surface area contributed by atoms with E-state index in [1.165, 1.54) is 0 Å². The summed E-state index contributed by atoms with van der Waals surface area (Å²) in [6.07, 6.45) is -4.28. The standard InChI is InChI=1S/C10H19F3N2/c1-7(2)15-5-8(3-9(14)6-15)4-10(11,12)13/h7-9H,3-6,14H2,1-2H3. The molecule has 2 nitrogen and oxygen atoms in total. The van der Waals surface area contributed by atoms with Crippen LogP contribution in [0.15, 0.2) is 0 Å². The fraction of sp³-hybridized carbons (Fsp3) is 1.00. The molecule has 0 spiro atoms. The summed E-state index contributed by atoms with van der Waals surface area (Å²) in [6.45, 7) is 5.21. The lowest BCUT2D eigenvalue weighted by molar-refractivity contribution is -0.149. The number of piperidine rings is 1. The maximum Gasteiger partial charge on any atom is 0.389 e. The van der Waals surface area contributed by atoms with Crippen molar-refractivity contribution in [2.24, 2.45) is 11.7 Å². The van der Waals surface area contributed by atoms with Gasteiger partial charge in [-0.05, 0) is 26.2 Å². The Bertz CT molecular complexity index is 203. The van der Waals surface area contributed by atoms with Crippen molar-refractivity contribution >= 4 is 0 Å². The largest absolute Gasteiger partial charge is 0.389 e. The Morgan fingerprint density at radius 2 is 1.93 bits per heavy atom. The molecule has 0 amide bonds. The Kier molecular flexibility index (Phi) is 4.00. The number of nitrogens with zero attached hydrogens (tertiary/aromatic N) is 1. The quantitative estimate of drug-likeness (QED) is 0.777. The van der Waals surface area contributed by atoms with E-state index in [1.54, 1.807) is 0 Å². The monoisotopic (exact) mass is 224 g/mol. The molecule has 0 aromatic heterocycles. The van der Waals surface area contributed by atoms with Crippen molar-refractivity contribution in [2.75, 3.05) is 13.1 Å². The highest BCUT2D eigenvalue weighted by molar-refractivity contribution is 4.83. The number of hydrogen-bond acceptors (Lipinski definition) is 2. The smallest absolute Gasteiger partial charge is 0.327 e. The zero-order valence-corrected chi connectivity index (χ0v) is 9.22. The number of likely N-dealkylation sites (tertiary alicyclic amines) is 1. The Morgan fingerprint density at radius 3 is 2.40 bits per heavy atom. The molecule has 90 valence electrons. The molecule has 0 radical (unpaired) electrons. The van der Waals surface area contributed by atoms with Gasteiger partial charge in [-0.1, -0.05) is 0 Å². The third-order valence-electron chi connectivity index (χ3n) is 2.85. The molecule has 0 bridgehead atoms. The van der Waals surface area contributed by atoms with Gasteiger partial charge in [-0.25, -0.2) is 0 Å². The average molecular weight is 224 g/mol. The first-order valence-electron chi connectivity index (χ1n) is 5.34. The highest BCUT2D eigenvalue weighted by Gasteiger charge is 2.36. The van der Waals surface area contributed by atoms with Crippen LogP contribution in [-0.4, -0.2) is 36.2 Å². The second kappa shape index (κ2) is 4.70. The van der Waals surface area contributed by atoms with Gasteiger partial charge in [0.25, 0.3) is 0 Å². The molecule has 1 fully saturated rings. The van der Waals surface area contributed by atoms with Crippen LogP contribution in [0.3, 0.4) is 0 Å². The Balaban J connectivity index is 2.52. The Labute approximate surface area is 88.6 Å². The summed E-state index contributed by atoms with van der Waals surface area (Å²) in [5.41, 5.74) is 5.76. The highest BCUT2D eigenvalue weighted by Crippen LogP contribution is 2.30. The first-order chi connectivity index (χ1) is 6.78. The van der Waals surface area contributed by atoms with Gasteiger partial charge in [-0.2, -0.15) is 13.2 Å². The molecule has 1 aliphatic rings. The number of nitrogens with two attached hydrogens (primary N) is 1. The molecule has 15 heavy (non-hydrogen) atoms. The molecule has 1 heterocycles. The third-order valence-corrected chi connectivity index (χ3v) is 2.85. The molecule has 0 aromatic carbocycles. The average Bonchev–Trinajstić information content (AvgIpc) is 1.99. The molecule has 5 heteroatoms. The minimum atomic E-state index is -4.07. The van der Waals surface area contributed by atoms with Crippen LogP contribution in [0, 0.1) is 5.92 Å². The fourth-order valence-electron chi connectivity index (χ4n) is 2.18. The third kappa shape index (κ3) is 4.38. The van der Waals surface area contributed by atoms with Gasteiger partial charge in [0.1, 0.15) is 0 Å². The molecule has 1 aliphatic heterocycles. The van der Waals surface area contributed by atoms with Crippen LogP contribution >= 0.6 is 0 Å². The topological polar surface area (TPSA) is 29.3 Å². The van der Waals surface area contributed by atoms with Crippen LogP contribution in [0.2, 0.25) is 0 Å². The Morgan fingerprint density at radius 1 is 1.33 bits per heavy atom. The summed E-state index contributed by atoms with van der Waals surface area (Å²) in [7, 11) is 0. The maximum atomic E-state index is 12.2. The predicted octanol–water partition coefficient (Wildman–Crippen LogP) is 2.00. The minimum Gasteiger partial charge on any atom is -0.327 e. The van der Waals surface area contributed by atoms with E-state index in [0.29, 0.717) is 19.5 Å². The maximum absolute atomic E-state index is 12.2. The molecular formula is C10H19F3N2. The molecule has 0 aromatic rings. The molecule has 0 saturated carbocycles. The number of halogens is 3. The van der Waals surface area contributed by atoms with Crippen LogP contribution < -0.4 is 5.73 Å². The summed E-state index contributed by atoms with van der Waals surface area (Å²) >= 11 is 0. The lowest BCUT2D eigenvalue weighted by Crippen LogP contribution is -2.50. The van der Waals surface area contributed by atoms with E-state index in [2.05, 4.69) is 0 Å². The van der Waals surface area contributed by atoms with Gasteiger partial charge < -0.3 is 5.73 Å². The van der Waals surface area contributed by atoms with Crippen molar-refractivity contribution in [1.82, 2.24) is 4.90 Å². The van der Waals surface area contributed by atoms with Gasteiger partial charge in [0.05, 0.1) is 0 Å². The van der Waals surface area contributed by atoms with Gasteiger partial charge in [0.15, 0.2) is 0 Å². The van der Waals surface area contributed by atoms with Crippen LogP contribution in [0.25, 0.3) is 0 Å². The van der Waals surface area contributed by atoms with E-state index in [4.69, 9.17) is 5.73 Å². The fourth-order valence-corrected chi connectivity index (χ4v) is 2.18. The summed E-state index contributed by atoms with van der Waals surface area (Å²) in [5, 5.41) is 0. The van der Waals surface area contributed by atoms with Crippen molar-refractivity contribution in [3.05, 3.63) is 0 Å². The van der Waals surface area contributed by atoms with Crippen molar-refractivity contribution in [3.8, 4) is 0 Å². The molecule has 1 rings (SSSR count). The zero-order chi connectivity index (χ0) is 11.6. The van der Waals surface area contributed by atoms with Crippen LogP contribution in [0.5, 0.6) is 0 Å². The van der Waals surface area contributed by atoms with E-state index in [1.807, 2.05) is 18.7 Å². The second-order valence-electron chi connectivity index (χ2n) is 4.73. The van der Waals surface area contributed by atoms with Crippen molar-refractivity contribution in [1.29, 1.82) is 0 Å². The summed E-state index contributed by atoms with van der Waals surface area (Å²) in [4.78, 5) is 2.03. The summed E-state index contributed by atoms with van der Waals surface area (Å²) in [5.74, 6) is -0.337. The first kappa shape index (κ1) is 12.8. The van der Waals surface area contributed by atoms with Crippen LogP contribution in [-0.2, 0) is 0 Å². The SMILES string of the molecule is CC(C)N1CC(N)CC(CC(F)(F)F)C1. The van der Waals surface area contributed by atoms with Crippen molar-refractivity contribution < 1.29 is 13.2 Å². The van der Waals surface area contributed by atoms with E-state index in [0.717, 1.165) is 0 Å². The van der Waals surface area contributed by atoms with E-state index >= 15 is 0 Å². The van der Waals surface area contributed by atoms with Crippen LogP contribution in [0.4, 0.5) is 13.2 Å². The van der Waals surface area contributed by atoms with Crippen molar-refractivity contribution in [2.45, 2.75) is 44.9 Å². The minimum absolute atomic E-state index is 0.117. The summed E-state index contributed by atoms with van der Waals surface area (Å²) in [6, 6.07) is 0.153. The van der Waals surface area contributed by atoms with E-state index in [9.17, 15) is 13.2 Å². The molecule has 2 N–H and O–H groups in total. The number of hydrogen-bond donors (Lipinski definition) is 1. The van der Waals surface area contributed by atoms with E-state index < -0.39 is 12.6 Å². The molecule has 1 saturated heterocycles. The molecule has 2 unspecified atom stereocenters. The Hall–Kier alpha value is -0.290. The number of alkyl halides is 3. The lowest BCUT2D eigenvalue weighted by atomic mass is 9.91. The second-order valence-corrected chi connectivity index (χ2v) is 4.73.